The van der Waals surface area contributed by atoms with Crippen LogP contribution >= 0.6 is 0 Å². The lowest BCUT2D eigenvalue weighted by Crippen LogP contribution is -1.98. The third-order valence-corrected chi connectivity index (χ3v) is 3.60. The van der Waals surface area contributed by atoms with Crippen LogP contribution in [0.25, 0.3) is 5.69 Å². The molecule has 22 heavy (non-hydrogen) atoms. The second-order valence-corrected chi connectivity index (χ2v) is 5.28. The minimum absolute atomic E-state index is 0.981. The summed E-state index contributed by atoms with van der Waals surface area (Å²) in [5.41, 5.74) is 8.72. The number of aryl methyl sites for hydroxylation is 2. The van der Waals surface area contributed by atoms with Gasteiger partial charge in [0.15, 0.2) is 0 Å². The maximum Gasteiger partial charge on any atom is 0.0561 e. The summed E-state index contributed by atoms with van der Waals surface area (Å²) in [7, 11) is 0. The van der Waals surface area contributed by atoms with E-state index in [1.165, 1.54) is 17.1 Å². The van der Waals surface area contributed by atoms with E-state index in [2.05, 4.69) is 65.3 Å². The molecule has 0 amide bonds. The molecule has 0 aliphatic carbocycles. The Bertz CT molecular complexity index is 749. The molecule has 0 spiro atoms. The van der Waals surface area contributed by atoms with E-state index in [1.807, 2.05) is 36.5 Å². The second kappa shape index (κ2) is 6.31. The van der Waals surface area contributed by atoms with Crippen molar-refractivity contribution in [3.8, 4) is 5.69 Å². The first-order chi connectivity index (χ1) is 10.7. The Balaban J connectivity index is 1.72. The van der Waals surface area contributed by atoms with Gasteiger partial charge in [0.1, 0.15) is 0 Å². The van der Waals surface area contributed by atoms with Gasteiger partial charge in [0.05, 0.1) is 11.9 Å². The standard InChI is InChI=1S/C19H19N3/c1-15-8-9-16(2)22(15)19-12-10-17(11-13-19)14-20-21-18-6-4-3-5-7-18/h3-14,21H,1-2H3. The number of hydrazone groups is 1. The van der Waals surface area contributed by atoms with Gasteiger partial charge in [0.25, 0.3) is 0 Å². The van der Waals surface area contributed by atoms with Gasteiger partial charge >= 0.3 is 0 Å². The molecule has 2 aromatic carbocycles. The Hall–Kier alpha value is -2.81. The van der Waals surface area contributed by atoms with Gasteiger partial charge in [-0.2, -0.15) is 5.10 Å². The molecule has 0 radical (unpaired) electrons. The van der Waals surface area contributed by atoms with E-state index in [-0.39, 0.29) is 0 Å². The van der Waals surface area contributed by atoms with E-state index >= 15 is 0 Å². The maximum atomic E-state index is 4.26. The van der Waals surface area contributed by atoms with Crippen LogP contribution in [-0.4, -0.2) is 10.8 Å². The average molecular weight is 289 g/mol. The highest BCUT2D eigenvalue weighted by Gasteiger charge is 2.02. The van der Waals surface area contributed by atoms with Crippen molar-refractivity contribution in [1.82, 2.24) is 4.57 Å². The molecule has 0 fully saturated rings. The summed E-state index contributed by atoms with van der Waals surface area (Å²) >= 11 is 0. The van der Waals surface area contributed by atoms with Gasteiger partial charge in [-0.15, -0.1) is 0 Å². The number of anilines is 1. The largest absolute Gasteiger partial charge is 0.319 e. The molecular formula is C19H19N3. The summed E-state index contributed by atoms with van der Waals surface area (Å²) in [5.74, 6) is 0. The van der Waals surface area contributed by atoms with Crippen molar-refractivity contribution in [2.24, 2.45) is 5.10 Å². The highest BCUT2D eigenvalue weighted by molar-refractivity contribution is 5.80. The number of nitrogens with one attached hydrogen (secondary N) is 1. The quantitative estimate of drug-likeness (QED) is 0.554. The molecule has 0 saturated carbocycles. The number of benzene rings is 2. The minimum atomic E-state index is 0.981. The molecule has 0 saturated heterocycles. The first-order valence-corrected chi connectivity index (χ1v) is 7.33. The third-order valence-electron chi connectivity index (χ3n) is 3.60. The Morgan fingerprint density at radius 2 is 1.45 bits per heavy atom. The molecule has 0 aliphatic rings. The molecule has 0 atom stereocenters. The average Bonchev–Trinajstić information content (AvgIpc) is 2.88. The zero-order valence-electron chi connectivity index (χ0n) is 12.8. The van der Waals surface area contributed by atoms with Crippen LogP contribution in [0.3, 0.4) is 0 Å². The number of hydrogen-bond acceptors (Lipinski definition) is 2. The Labute approximate surface area is 130 Å². The van der Waals surface area contributed by atoms with Gasteiger partial charge in [0, 0.05) is 17.1 Å². The maximum absolute atomic E-state index is 4.26. The SMILES string of the molecule is Cc1ccc(C)n1-c1ccc(C=NNc2ccccc2)cc1. The molecule has 0 aliphatic heterocycles. The molecule has 1 aromatic heterocycles. The summed E-state index contributed by atoms with van der Waals surface area (Å²) in [6, 6.07) is 22.6. The molecule has 0 bridgehead atoms. The first-order valence-electron chi connectivity index (χ1n) is 7.33. The summed E-state index contributed by atoms with van der Waals surface area (Å²) < 4.78 is 2.24. The normalized spacial score (nSPS) is 11.0. The smallest absolute Gasteiger partial charge is 0.0561 e. The predicted molar refractivity (Wildman–Crippen MR) is 92.9 cm³/mol. The van der Waals surface area contributed by atoms with Crippen LogP contribution in [0.4, 0.5) is 5.69 Å². The van der Waals surface area contributed by atoms with Crippen molar-refractivity contribution in [3.05, 3.63) is 83.7 Å². The predicted octanol–water partition coefficient (Wildman–Crippen LogP) is 4.54. The van der Waals surface area contributed by atoms with E-state index in [4.69, 9.17) is 0 Å². The van der Waals surface area contributed by atoms with Crippen molar-refractivity contribution in [3.63, 3.8) is 0 Å². The second-order valence-electron chi connectivity index (χ2n) is 5.28. The summed E-state index contributed by atoms with van der Waals surface area (Å²) in [6.07, 6.45) is 1.83. The van der Waals surface area contributed by atoms with E-state index < -0.39 is 0 Å². The van der Waals surface area contributed by atoms with Crippen LogP contribution < -0.4 is 5.43 Å². The monoisotopic (exact) mass is 289 g/mol. The van der Waals surface area contributed by atoms with Gasteiger partial charge in [-0.1, -0.05) is 30.3 Å². The van der Waals surface area contributed by atoms with Crippen LogP contribution in [0.5, 0.6) is 0 Å². The van der Waals surface area contributed by atoms with Crippen molar-refractivity contribution in [1.29, 1.82) is 0 Å². The highest BCUT2D eigenvalue weighted by Crippen LogP contribution is 2.16. The van der Waals surface area contributed by atoms with Crippen LogP contribution in [0.15, 0.2) is 71.8 Å². The fourth-order valence-electron chi connectivity index (χ4n) is 2.48. The molecular weight excluding hydrogens is 270 g/mol. The molecule has 3 nitrogen and oxygen atoms in total. The molecule has 3 heteroatoms. The molecule has 3 aromatic rings. The molecule has 1 N–H and O–H groups in total. The van der Waals surface area contributed by atoms with E-state index in [0.29, 0.717) is 0 Å². The van der Waals surface area contributed by atoms with Gasteiger partial charge in [-0.05, 0) is 55.8 Å². The van der Waals surface area contributed by atoms with Crippen molar-refractivity contribution >= 4 is 11.9 Å². The number of aromatic nitrogens is 1. The zero-order chi connectivity index (χ0) is 15.4. The van der Waals surface area contributed by atoms with E-state index in [0.717, 1.165) is 11.3 Å². The molecule has 0 unspecified atom stereocenters. The van der Waals surface area contributed by atoms with Crippen molar-refractivity contribution < 1.29 is 0 Å². The fourth-order valence-corrected chi connectivity index (χ4v) is 2.48. The van der Waals surface area contributed by atoms with Gasteiger partial charge in [0.2, 0.25) is 0 Å². The first kappa shape index (κ1) is 14.1. The third kappa shape index (κ3) is 3.09. The molecule has 1 heterocycles. The van der Waals surface area contributed by atoms with E-state index in [9.17, 15) is 0 Å². The van der Waals surface area contributed by atoms with Gasteiger partial charge in [-0.3, -0.25) is 5.43 Å². The van der Waals surface area contributed by atoms with Crippen molar-refractivity contribution in [2.75, 3.05) is 5.43 Å². The fraction of sp³-hybridized carbons (Fsp3) is 0.105. The summed E-state index contributed by atoms with van der Waals surface area (Å²) in [4.78, 5) is 0. The lowest BCUT2D eigenvalue weighted by atomic mass is 10.2. The Morgan fingerprint density at radius 1 is 0.818 bits per heavy atom. The number of rotatable bonds is 4. The number of hydrogen-bond donors (Lipinski definition) is 1. The minimum Gasteiger partial charge on any atom is -0.319 e. The van der Waals surface area contributed by atoms with Crippen LogP contribution in [-0.2, 0) is 0 Å². The lowest BCUT2D eigenvalue weighted by Gasteiger charge is -2.09. The lowest BCUT2D eigenvalue weighted by molar-refractivity contribution is 0.966. The van der Waals surface area contributed by atoms with Crippen LogP contribution in [0.1, 0.15) is 17.0 Å². The zero-order valence-corrected chi connectivity index (χ0v) is 12.8. The van der Waals surface area contributed by atoms with Crippen LogP contribution in [0.2, 0.25) is 0 Å². The molecule has 110 valence electrons. The van der Waals surface area contributed by atoms with Gasteiger partial charge in [-0.25, -0.2) is 0 Å². The topological polar surface area (TPSA) is 29.3 Å². The summed E-state index contributed by atoms with van der Waals surface area (Å²) in [5, 5.41) is 4.26. The summed E-state index contributed by atoms with van der Waals surface area (Å²) in [6.45, 7) is 4.23. The highest BCUT2D eigenvalue weighted by atomic mass is 15.3. The number of para-hydroxylation sites is 1. The van der Waals surface area contributed by atoms with E-state index in [1.54, 1.807) is 0 Å². The Morgan fingerprint density at radius 3 is 2.09 bits per heavy atom. The Kier molecular flexibility index (Phi) is 4.05. The molecule has 3 rings (SSSR count). The number of nitrogens with zero attached hydrogens (tertiary/aromatic N) is 2. The van der Waals surface area contributed by atoms with Crippen molar-refractivity contribution in [2.45, 2.75) is 13.8 Å². The van der Waals surface area contributed by atoms with Gasteiger partial charge < -0.3 is 4.57 Å². The van der Waals surface area contributed by atoms with Crippen LogP contribution in [0, 0.1) is 13.8 Å².